The third-order valence-electron chi connectivity index (χ3n) is 6.17. The molecule has 29 heavy (non-hydrogen) atoms. The topological polar surface area (TPSA) is 58.3 Å². The molecule has 0 atom stereocenters. The second-order valence-corrected chi connectivity index (χ2v) is 8.29. The summed E-state index contributed by atoms with van der Waals surface area (Å²) < 4.78 is 2.30. The zero-order valence-electron chi connectivity index (χ0n) is 17.7. The molecule has 3 heterocycles. The molecule has 2 aliphatic heterocycles. The molecular formula is C23H34N6. The van der Waals surface area contributed by atoms with E-state index in [1.54, 1.807) is 0 Å². The van der Waals surface area contributed by atoms with E-state index in [9.17, 15) is 0 Å². The van der Waals surface area contributed by atoms with E-state index in [4.69, 9.17) is 4.99 Å². The summed E-state index contributed by atoms with van der Waals surface area (Å²) in [5.74, 6) is 3.94. The van der Waals surface area contributed by atoms with Gasteiger partial charge in [0.2, 0.25) is 0 Å². The van der Waals surface area contributed by atoms with Gasteiger partial charge in [0.1, 0.15) is 12.4 Å². The first kappa shape index (κ1) is 19.9. The molecule has 1 aromatic heterocycles. The standard InChI is InChI=1S/C23H34N6/c1-2-24-23(25-18-22-27-26-21-11-7-4-8-14-29(21)22)28-15-12-20(13-16-28)17-19-9-5-3-6-10-19/h3,5-6,9-10,20H,2,4,7-8,11-18H2,1H3,(H,24,25). The number of likely N-dealkylation sites (tertiary alicyclic amines) is 1. The molecule has 2 aromatic rings. The number of hydrogen-bond acceptors (Lipinski definition) is 3. The third kappa shape index (κ3) is 5.17. The van der Waals surface area contributed by atoms with Gasteiger partial charge in [0.25, 0.3) is 0 Å². The van der Waals surface area contributed by atoms with E-state index in [1.165, 1.54) is 44.1 Å². The van der Waals surface area contributed by atoms with Crippen molar-refractivity contribution in [1.29, 1.82) is 0 Å². The second-order valence-electron chi connectivity index (χ2n) is 8.29. The lowest BCUT2D eigenvalue weighted by molar-refractivity contribution is 0.259. The van der Waals surface area contributed by atoms with Crippen molar-refractivity contribution in [2.45, 2.75) is 65.0 Å². The fourth-order valence-electron chi connectivity index (χ4n) is 4.53. The Labute approximate surface area is 174 Å². The molecule has 1 fully saturated rings. The molecular weight excluding hydrogens is 360 g/mol. The van der Waals surface area contributed by atoms with Gasteiger partial charge < -0.3 is 14.8 Å². The van der Waals surface area contributed by atoms with Gasteiger partial charge in [-0.05, 0) is 50.5 Å². The zero-order valence-corrected chi connectivity index (χ0v) is 17.7. The van der Waals surface area contributed by atoms with Crippen LogP contribution in [0.25, 0.3) is 0 Å². The van der Waals surface area contributed by atoms with Gasteiger partial charge in [-0.15, -0.1) is 10.2 Å². The molecule has 0 bridgehead atoms. The highest BCUT2D eigenvalue weighted by molar-refractivity contribution is 5.80. The van der Waals surface area contributed by atoms with Crippen LogP contribution < -0.4 is 5.32 Å². The van der Waals surface area contributed by atoms with Crippen LogP contribution in [0.5, 0.6) is 0 Å². The molecule has 6 nitrogen and oxygen atoms in total. The van der Waals surface area contributed by atoms with E-state index in [0.29, 0.717) is 6.54 Å². The van der Waals surface area contributed by atoms with Crippen LogP contribution >= 0.6 is 0 Å². The molecule has 4 rings (SSSR count). The fraction of sp³-hybridized carbons (Fsp3) is 0.609. The molecule has 6 heteroatoms. The molecule has 0 amide bonds. The van der Waals surface area contributed by atoms with Crippen LogP contribution in [0.4, 0.5) is 0 Å². The molecule has 1 N–H and O–H groups in total. The third-order valence-corrected chi connectivity index (χ3v) is 6.17. The van der Waals surface area contributed by atoms with E-state index < -0.39 is 0 Å². The summed E-state index contributed by atoms with van der Waals surface area (Å²) in [5.41, 5.74) is 1.46. The van der Waals surface area contributed by atoms with Crippen molar-refractivity contribution in [2.24, 2.45) is 10.9 Å². The number of guanidine groups is 1. The van der Waals surface area contributed by atoms with Gasteiger partial charge in [-0.3, -0.25) is 0 Å². The smallest absolute Gasteiger partial charge is 0.194 e. The van der Waals surface area contributed by atoms with Crippen LogP contribution in [0.1, 0.15) is 56.2 Å². The predicted octanol–water partition coefficient (Wildman–Crippen LogP) is 3.42. The molecule has 0 unspecified atom stereocenters. The average molecular weight is 395 g/mol. The summed E-state index contributed by atoms with van der Waals surface area (Å²) in [6, 6.07) is 10.9. The molecule has 0 spiro atoms. The van der Waals surface area contributed by atoms with Crippen LogP contribution in [-0.4, -0.2) is 45.3 Å². The lowest BCUT2D eigenvalue weighted by Gasteiger charge is -2.34. The lowest BCUT2D eigenvalue weighted by Crippen LogP contribution is -2.45. The highest BCUT2D eigenvalue weighted by Crippen LogP contribution is 2.22. The fourth-order valence-corrected chi connectivity index (χ4v) is 4.53. The van der Waals surface area contributed by atoms with Crippen LogP contribution in [0.15, 0.2) is 35.3 Å². The summed E-state index contributed by atoms with van der Waals surface area (Å²) in [5, 5.41) is 12.3. The van der Waals surface area contributed by atoms with Crippen molar-refractivity contribution >= 4 is 5.96 Å². The van der Waals surface area contributed by atoms with E-state index in [2.05, 4.69) is 62.2 Å². The van der Waals surface area contributed by atoms with Gasteiger partial charge in [-0.25, -0.2) is 4.99 Å². The summed E-state index contributed by atoms with van der Waals surface area (Å²) in [6.07, 6.45) is 8.41. The van der Waals surface area contributed by atoms with Crippen molar-refractivity contribution < 1.29 is 0 Å². The van der Waals surface area contributed by atoms with Crippen molar-refractivity contribution in [3.05, 3.63) is 47.5 Å². The zero-order chi connectivity index (χ0) is 19.9. The molecule has 156 valence electrons. The Kier molecular flexibility index (Phi) is 6.80. The summed E-state index contributed by atoms with van der Waals surface area (Å²) in [6.45, 7) is 6.82. The van der Waals surface area contributed by atoms with Gasteiger partial charge in [0.05, 0.1) is 0 Å². The Hall–Kier alpha value is -2.37. The largest absolute Gasteiger partial charge is 0.357 e. The number of fused-ring (bicyclic) bond motifs is 1. The van der Waals surface area contributed by atoms with Crippen LogP contribution in [0, 0.1) is 5.92 Å². The number of nitrogens with zero attached hydrogens (tertiary/aromatic N) is 5. The van der Waals surface area contributed by atoms with Gasteiger partial charge in [0.15, 0.2) is 11.8 Å². The Morgan fingerprint density at radius 2 is 1.90 bits per heavy atom. The minimum atomic E-state index is 0.610. The lowest BCUT2D eigenvalue weighted by atomic mass is 9.90. The van der Waals surface area contributed by atoms with Crippen molar-refractivity contribution in [2.75, 3.05) is 19.6 Å². The van der Waals surface area contributed by atoms with Crippen molar-refractivity contribution in [3.8, 4) is 0 Å². The predicted molar refractivity (Wildman–Crippen MR) is 117 cm³/mol. The van der Waals surface area contributed by atoms with Gasteiger partial charge in [0, 0.05) is 32.6 Å². The average Bonchev–Trinajstić information content (AvgIpc) is 2.98. The maximum atomic E-state index is 4.94. The number of aliphatic imine (C=N–C) groups is 1. The monoisotopic (exact) mass is 394 g/mol. The Balaban J connectivity index is 1.36. The molecule has 0 radical (unpaired) electrons. The van der Waals surface area contributed by atoms with Crippen LogP contribution in [-0.2, 0) is 25.9 Å². The minimum absolute atomic E-state index is 0.610. The number of aryl methyl sites for hydroxylation is 1. The number of aromatic nitrogens is 3. The normalized spacial score (nSPS) is 18.4. The minimum Gasteiger partial charge on any atom is -0.357 e. The summed E-state index contributed by atoms with van der Waals surface area (Å²) >= 11 is 0. The SMILES string of the molecule is CCNC(=NCc1nnc2n1CCCCC2)N1CCC(Cc2ccccc2)CC1. The van der Waals surface area contributed by atoms with Crippen molar-refractivity contribution in [3.63, 3.8) is 0 Å². The number of hydrogen-bond donors (Lipinski definition) is 1. The number of nitrogens with one attached hydrogen (secondary N) is 1. The first-order valence-corrected chi connectivity index (χ1v) is 11.3. The van der Waals surface area contributed by atoms with E-state index >= 15 is 0 Å². The van der Waals surface area contributed by atoms with E-state index in [0.717, 1.165) is 56.1 Å². The first-order chi connectivity index (χ1) is 14.3. The summed E-state index contributed by atoms with van der Waals surface area (Å²) in [4.78, 5) is 7.36. The molecule has 0 saturated carbocycles. The Morgan fingerprint density at radius 3 is 2.69 bits per heavy atom. The molecule has 1 saturated heterocycles. The van der Waals surface area contributed by atoms with E-state index in [1.807, 2.05) is 0 Å². The first-order valence-electron chi connectivity index (χ1n) is 11.3. The van der Waals surface area contributed by atoms with Crippen molar-refractivity contribution in [1.82, 2.24) is 25.0 Å². The number of benzene rings is 1. The van der Waals surface area contributed by atoms with Gasteiger partial charge >= 0.3 is 0 Å². The maximum absolute atomic E-state index is 4.94. The second kappa shape index (κ2) is 9.90. The molecule has 1 aromatic carbocycles. The van der Waals surface area contributed by atoms with Crippen LogP contribution in [0.2, 0.25) is 0 Å². The summed E-state index contributed by atoms with van der Waals surface area (Å²) in [7, 11) is 0. The number of piperidine rings is 1. The molecule has 0 aliphatic carbocycles. The van der Waals surface area contributed by atoms with Crippen LogP contribution in [0.3, 0.4) is 0 Å². The quantitative estimate of drug-likeness (QED) is 0.624. The molecule has 2 aliphatic rings. The Bertz CT molecular complexity index is 789. The van der Waals surface area contributed by atoms with Gasteiger partial charge in [-0.1, -0.05) is 36.8 Å². The number of rotatable bonds is 5. The maximum Gasteiger partial charge on any atom is 0.194 e. The highest BCUT2D eigenvalue weighted by atomic mass is 15.3. The highest BCUT2D eigenvalue weighted by Gasteiger charge is 2.22. The van der Waals surface area contributed by atoms with Gasteiger partial charge in [-0.2, -0.15) is 0 Å². The Morgan fingerprint density at radius 1 is 1.07 bits per heavy atom. The van der Waals surface area contributed by atoms with E-state index in [-0.39, 0.29) is 0 Å².